The maximum absolute atomic E-state index is 14.6. The van der Waals surface area contributed by atoms with Crippen LogP contribution in [0, 0.1) is 0 Å². The molecule has 29 heavy (non-hydrogen) atoms. The van der Waals surface area contributed by atoms with Crippen molar-refractivity contribution in [2.75, 3.05) is 49.2 Å². The average Bonchev–Trinajstić information content (AvgIpc) is 2.69. The second-order valence-electron chi connectivity index (χ2n) is 7.85. The van der Waals surface area contributed by atoms with Gasteiger partial charge in [0.05, 0.1) is 12.3 Å². The molecule has 0 saturated carbocycles. The zero-order chi connectivity index (χ0) is 20.6. The Labute approximate surface area is 170 Å². The van der Waals surface area contributed by atoms with E-state index >= 15 is 0 Å². The Balaban J connectivity index is 1.57. The van der Waals surface area contributed by atoms with Crippen molar-refractivity contribution >= 4 is 32.4 Å². The summed E-state index contributed by atoms with van der Waals surface area (Å²) in [5.41, 5.74) is 0. The zero-order valence-corrected chi connectivity index (χ0v) is 17.5. The quantitative estimate of drug-likeness (QED) is 0.765. The number of piperazine rings is 1. The van der Waals surface area contributed by atoms with Crippen molar-refractivity contribution in [3.05, 3.63) is 24.5 Å². The molecule has 0 aliphatic carbocycles. The summed E-state index contributed by atoms with van der Waals surface area (Å²) in [5, 5.41) is 8.51. The van der Waals surface area contributed by atoms with Crippen molar-refractivity contribution in [1.82, 2.24) is 19.6 Å². The molecule has 2 fully saturated rings. The van der Waals surface area contributed by atoms with Crippen molar-refractivity contribution in [2.24, 2.45) is 0 Å². The van der Waals surface area contributed by atoms with Crippen LogP contribution in [0.2, 0.25) is 0 Å². The second-order valence-corrected chi connectivity index (χ2v) is 9.83. The SMILES string of the molecule is C[C@H]1CNCCN1c1nccc2cnc(N[C@@H]3CCN(S(C)(=O)=O)C[C@H]3F)cc12. The molecule has 4 heterocycles. The highest BCUT2D eigenvalue weighted by Crippen LogP contribution is 2.29. The number of pyridine rings is 2. The highest BCUT2D eigenvalue weighted by Gasteiger charge is 2.33. The van der Waals surface area contributed by atoms with Gasteiger partial charge in [-0.25, -0.2) is 22.8 Å². The largest absolute Gasteiger partial charge is 0.364 e. The highest BCUT2D eigenvalue weighted by atomic mass is 32.2. The molecule has 3 atom stereocenters. The van der Waals surface area contributed by atoms with Crippen molar-refractivity contribution in [2.45, 2.75) is 31.6 Å². The summed E-state index contributed by atoms with van der Waals surface area (Å²) < 4.78 is 39.2. The van der Waals surface area contributed by atoms with E-state index in [0.29, 0.717) is 24.8 Å². The van der Waals surface area contributed by atoms with Gasteiger partial charge in [-0.1, -0.05) is 0 Å². The number of aromatic nitrogens is 2. The Morgan fingerprint density at radius 2 is 2.14 bits per heavy atom. The molecule has 0 amide bonds. The first-order valence-corrected chi connectivity index (χ1v) is 11.8. The molecule has 0 radical (unpaired) electrons. The lowest BCUT2D eigenvalue weighted by atomic mass is 10.0. The van der Waals surface area contributed by atoms with Crippen LogP contribution in [-0.2, 0) is 10.0 Å². The normalized spacial score (nSPS) is 26.6. The third-order valence-electron chi connectivity index (χ3n) is 5.71. The fourth-order valence-electron chi connectivity index (χ4n) is 4.04. The maximum Gasteiger partial charge on any atom is 0.211 e. The third-order valence-corrected chi connectivity index (χ3v) is 6.98. The Hall–Kier alpha value is -2.04. The van der Waals surface area contributed by atoms with Crippen LogP contribution in [0.25, 0.3) is 10.8 Å². The number of sulfonamides is 1. The molecule has 4 rings (SSSR count). The number of rotatable bonds is 4. The molecule has 2 aliphatic rings. The smallest absolute Gasteiger partial charge is 0.211 e. The highest BCUT2D eigenvalue weighted by molar-refractivity contribution is 7.88. The van der Waals surface area contributed by atoms with Gasteiger partial charge in [0.25, 0.3) is 0 Å². The minimum Gasteiger partial charge on any atom is -0.364 e. The van der Waals surface area contributed by atoms with Crippen molar-refractivity contribution in [3.8, 4) is 0 Å². The summed E-state index contributed by atoms with van der Waals surface area (Å²) in [6.45, 7) is 5.01. The topological polar surface area (TPSA) is 90.5 Å². The van der Waals surface area contributed by atoms with E-state index in [0.717, 1.165) is 42.5 Å². The van der Waals surface area contributed by atoms with Gasteiger partial charge >= 0.3 is 0 Å². The fourth-order valence-corrected chi connectivity index (χ4v) is 4.89. The minimum atomic E-state index is -3.38. The summed E-state index contributed by atoms with van der Waals surface area (Å²) >= 11 is 0. The van der Waals surface area contributed by atoms with Crippen LogP contribution in [0.4, 0.5) is 16.0 Å². The Morgan fingerprint density at radius 3 is 2.86 bits per heavy atom. The van der Waals surface area contributed by atoms with Gasteiger partial charge in [-0.15, -0.1) is 0 Å². The number of alkyl halides is 1. The number of piperidine rings is 1. The average molecular weight is 423 g/mol. The molecule has 8 nitrogen and oxygen atoms in total. The van der Waals surface area contributed by atoms with Crippen molar-refractivity contribution in [3.63, 3.8) is 0 Å². The molecule has 0 bridgehead atoms. The van der Waals surface area contributed by atoms with Gasteiger partial charge in [0, 0.05) is 61.9 Å². The van der Waals surface area contributed by atoms with Gasteiger partial charge in [0.15, 0.2) is 0 Å². The number of hydrogen-bond acceptors (Lipinski definition) is 7. The van der Waals surface area contributed by atoms with Crippen LogP contribution >= 0.6 is 0 Å². The monoisotopic (exact) mass is 422 g/mol. The van der Waals surface area contributed by atoms with Crippen LogP contribution in [0.1, 0.15) is 13.3 Å². The Kier molecular flexibility index (Phi) is 5.58. The van der Waals surface area contributed by atoms with E-state index in [1.165, 1.54) is 4.31 Å². The maximum atomic E-state index is 14.6. The standard InChI is InChI=1S/C19H27FN6O2S/c1-13-10-21-6-8-26(13)19-15-9-18(23-11-14(15)3-5-22-19)24-17-4-7-25(12-16(17)20)29(2,27)28/h3,5,9,11,13,16-17,21H,4,6-8,10,12H2,1-2H3,(H,23,24)/t13-,16+,17+/m0/s1. The third kappa shape index (κ3) is 4.29. The molecule has 10 heteroatoms. The molecule has 2 aliphatic heterocycles. The first-order chi connectivity index (χ1) is 13.8. The van der Waals surface area contributed by atoms with Crippen molar-refractivity contribution < 1.29 is 12.8 Å². The van der Waals surface area contributed by atoms with Gasteiger partial charge in [-0.05, 0) is 25.5 Å². The van der Waals surface area contributed by atoms with E-state index in [-0.39, 0.29) is 6.54 Å². The number of anilines is 2. The molecule has 2 saturated heterocycles. The molecule has 2 aromatic heterocycles. The summed E-state index contributed by atoms with van der Waals surface area (Å²) in [4.78, 5) is 11.3. The molecule has 158 valence electrons. The molecule has 2 N–H and O–H groups in total. The van der Waals surface area contributed by atoms with Crippen LogP contribution in [0.3, 0.4) is 0 Å². The Morgan fingerprint density at radius 1 is 1.31 bits per heavy atom. The first kappa shape index (κ1) is 20.2. The predicted molar refractivity (Wildman–Crippen MR) is 113 cm³/mol. The van der Waals surface area contributed by atoms with Gasteiger partial charge in [-0.3, -0.25) is 0 Å². The number of hydrogen-bond donors (Lipinski definition) is 2. The number of nitrogens with one attached hydrogen (secondary N) is 2. The van der Waals surface area contributed by atoms with E-state index in [4.69, 9.17) is 0 Å². The van der Waals surface area contributed by atoms with Crippen LogP contribution in [0.5, 0.6) is 0 Å². The van der Waals surface area contributed by atoms with E-state index in [1.54, 1.807) is 12.4 Å². The second kappa shape index (κ2) is 8.00. The minimum absolute atomic E-state index is 0.130. The van der Waals surface area contributed by atoms with Gasteiger partial charge in [-0.2, -0.15) is 4.31 Å². The summed E-state index contributed by atoms with van der Waals surface area (Å²) in [6, 6.07) is 3.69. The molecule has 0 aromatic carbocycles. The molecule has 2 aromatic rings. The van der Waals surface area contributed by atoms with E-state index in [1.807, 2.05) is 12.1 Å². The lowest BCUT2D eigenvalue weighted by molar-refractivity contribution is 0.186. The van der Waals surface area contributed by atoms with Crippen LogP contribution in [0.15, 0.2) is 24.5 Å². The summed E-state index contributed by atoms with van der Waals surface area (Å²) in [5.74, 6) is 1.49. The van der Waals surface area contributed by atoms with Crippen LogP contribution < -0.4 is 15.5 Å². The van der Waals surface area contributed by atoms with Crippen LogP contribution in [-0.4, -0.2) is 79.9 Å². The molecular formula is C19H27FN6O2S. The lowest BCUT2D eigenvalue weighted by Crippen LogP contribution is -2.50. The lowest BCUT2D eigenvalue weighted by Gasteiger charge is -2.35. The van der Waals surface area contributed by atoms with Crippen molar-refractivity contribution in [1.29, 1.82) is 0 Å². The van der Waals surface area contributed by atoms with Gasteiger partial charge in [0.1, 0.15) is 17.8 Å². The zero-order valence-electron chi connectivity index (χ0n) is 16.7. The fraction of sp³-hybridized carbons (Fsp3) is 0.579. The Bertz CT molecular complexity index is 988. The van der Waals surface area contributed by atoms with E-state index in [2.05, 4.69) is 32.4 Å². The molecule has 0 spiro atoms. The number of fused-ring (bicyclic) bond motifs is 1. The predicted octanol–water partition coefficient (Wildman–Crippen LogP) is 1.21. The van der Waals surface area contributed by atoms with Gasteiger partial charge in [0.2, 0.25) is 10.0 Å². The number of halogens is 1. The summed E-state index contributed by atoms with van der Waals surface area (Å²) in [6.07, 6.45) is 3.78. The first-order valence-electron chi connectivity index (χ1n) is 9.91. The molecular weight excluding hydrogens is 395 g/mol. The van der Waals surface area contributed by atoms with E-state index in [9.17, 15) is 12.8 Å². The van der Waals surface area contributed by atoms with Gasteiger partial charge < -0.3 is 15.5 Å². The number of nitrogens with zero attached hydrogens (tertiary/aromatic N) is 4. The molecule has 0 unspecified atom stereocenters. The van der Waals surface area contributed by atoms with E-state index < -0.39 is 22.2 Å². The summed E-state index contributed by atoms with van der Waals surface area (Å²) in [7, 11) is -3.38.